The summed E-state index contributed by atoms with van der Waals surface area (Å²) in [5, 5.41) is 2.84. The third-order valence-corrected chi connectivity index (χ3v) is 4.60. The third-order valence-electron chi connectivity index (χ3n) is 3.49. The molecule has 0 radical (unpaired) electrons. The number of sulfone groups is 1. The summed E-state index contributed by atoms with van der Waals surface area (Å²) in [6, 6.07) is 4.63. The number of aryl methyl sites for hydroxylation is 1. The largest absolute Gasteiger partial charge is 0.351 e. The monoisotopic (exact) mass is 312 g/mol. The van der Waals surface area contributed by atoms with Crippen LogP contribution in [0.3, 0.4) is 0 Å². The van der Waals surface area contributed by atoms with E-state index in [1.165, 1.54) is 12.1 Å². The zero-order valence-electron chi connectivity index (χ0n) is 13.1. The molecule has 1 amide bonds. The first kappa shape index (κ1) is 17.7. The molecule has 21 heavy (non-hydrogen) atoms. The fourth-order valence-electron chi connectivity index (χ4n) is 2.04. The van der Waals surface area contributed by atoms with E-state index < -0.39 is 9.84 Å². The van der Waals surface area contributed by atoms with E-state index in [0.29, 0.717) is 12.1 Å². The van der Waals surface area contributed by atoms with Crippen molar-refractivity contribution in [1.29, 1.82) is 0 Å². The molecular weight excluding hydrogens is 288 g/mol. The molecule has 0 aliphatic heterocycles. The van der Waals surface area contributed by atoms with E-state index in [9.17, 15) is 13.2 Å². The predicted octanol–water partition coefficient (Wildman–Crippen LogP) is 1.47. The first-order chi connectivity index (χ1) is 9.79. The van der Waals surface area contributed by atoms with Crippen molar-refractivity contribution in [2.45, 2.75) is 25.7 Å². The summed E-state index contributed by atoms with van der Waals surface area (Å²) in [5.41, 5.74) is 1.18. The maximum absolute atomic E-state index is 12.2. The number of likely N-dealkylation sites (N-methyl/N-ethyl adjacent to an activating group) is 1. The van der Waals surface area contributed by atoms with Crippen LogP contribution in [0.4, 0.5) is 0 Å². The Hall–Kier alpha value is -1.40. The van der Waals surface area contributed by atoms with E-state index in [1.54, 1.807) is 13.0 Å². The van der Waals surface area contributed by atoms with Gasteiger partial charge in [-0.25, -0.2) is 8.42 Å². The van der Waals surface area contributed by atoms with Crippen LogP contribution in [-0.2, 0) is 9.84 Å². The Kier molecular flexibility index (Phi) is 6.36. The summed E-state index contributed by atoms with van der Waals surface area (Å²) in [7, 11) is -3.31. The number of rotatable bonds is 7. The Morgan fingerprint density at radius 1 is 1.24 bits per heavy atom. The van der Waals surface area contributed by atoms with Crippen molar-refractivity contribution >= 4 is 15.7 Å². The molecule has 5 nitrogen and oxygen atoms in total. The van der Waals surface area contributed by atoms with Crippen molar-refractivity contribution < 1.29 is 13.2 Å². The summed E-state index contributed by atoms with van der Waals surface area (Å²) in [5.74, 6) is -0.231. The molecule has 0 bridgehead atoms. The average Bonchev–Trinajstić information content (AvgIpc) is 2.42. The van der Waals surface area contributed by atoms with Gasteiger partial charge >= 0.3 is 0 Å². The second-order valence-corrected chi connectivity index (χ2v) is 7.05. The molecule has 1 rings (SSSR count). The number of benzene rings is 1. The number of nitrogens with one attached hydrogen (secondary N) is 1. The number of amides is 1. The lowest BCUT2D eigenvalue weighted by Gasteiger charge is -2.18. The van der Waals surface area contributed by atoms with Gasteiger partial charge in [0.15, 0.2) is 9.84 Å². The zero-order valence-corrected chi connectivity index (χ0v) is 14.0. The van der Waals surface area contributed by atoms with Crippen LogP contribution in [0.5, 0.6) is 0 Å². The van der Waals surface area contributed by atoms with Crippen LogP contribution in [0.2, 0.25) is 0 Å². The van der Waals surface area contributed by atoms with E-state index in [2.05, 4.69) is 24.1 Å². The van der Waals surface area contributed by atoms with E-state index in [-0.39, 0.29) is 10.8 Å². The zero-order chi connectivity index (χ0) is 16.0. The lowest BCUT2D eigenvalue weighted by atomic mass is 10.1. The maximum atomic E-state index is 12.2. The minimum atomic E-state index is -3.31. The van der Waals surface area contributed by atoms with Gasteiger partial charge in [0.2, 0.25) is 0 Å². The Balaban J connectivity index is 2.78. The Labute approximate surface area is 127 Å². The number of carbonyl (C=O) groups is 1. The van der Waals surface area contributed by atoms with Gasteiger partial charge in [0.25, 0.3) is 5.91 Å². The molecule has 0 saturated heterocycles. The molecule has 0 heterocycles. The summed E-state index contributed by atoms with van der Waals surface area (Å²) < 4.78 is 23.1. The fraction of sp³-hybridized carbons (Fsp3) is 0.533. The highest BCUT2D eigenvalue weighted by Gasteiger charge is 2.14. The fourth-order valence-corrected chi connectivity index (χ4v) is 2.69. The van der Waals surface area contributed by atoms with Gasteiger partial charge in [0.1, 0.15) is 0 Å². The molecule has 0 aromatic heterocycles. The van der Waals surface area contributed by atoms with Crippen LogP contribution in [-0.4, -0.2) is 51.7 Å². The van der Waals surface area contributed by atoms with Gasteiger partial charge in [-0.2, -0.15) is 0 Å². The molecule has 0 aliphatic carbocycles. The molecule has 0 atom stereocenters. The highest BCUT2D eigenvalue weighted by atomic mass is 32.2. The van der Waals surface area contributed by atoms with Crippen molar-refractivity contribution in [2.75, 3.05) is 32.4 Å². The van der Waals surface area contributed by atoms with Gasteiger partial charge in [-0.3, -0.25) is 4.79 Å². The molecule has 0 aliphatic rings. The van der Waals surface area contributed by atoms with Crippen LogP contribution in [0, 0.1) is 6.92 Å². The molecule has 0 unspecified atom stereocenters. The summed E-state index contributed by atoms with van der Waals surface area (Å²) in [6.45, 7) is 9.15. The van der Waals surface area contributed by atoms with Crippen LogP contribution >= 0.6 is 0 Å². The Bertz CT molecular complexity index is 593. The highest BCUT2D eigenvalue weighted by molar-refractivity contribution is 7.90. The number of hydrogen-bond donors (Lipinski definition) is 1. The minimum Gasteiger partial charge on any atom is -0.351 e. The molecule has 118 valence electrons. The molecule has 1 N–H and O–H groups in total. The summed E-state index contributed by atoms with van der Waals surface area (Å²) >= 11 is 0. The van der Waals surface area contributed by atoms with Gasteiger partial charge in [-0.15, -0.1) is 0 Å². The summed E-state index contributed by atoms with van der Waals surface area (Å²) in [4.78, 5) is 14.6. The highest BCUT2D eigenvalue weighted by Crippen LogP contribution is 2.15. The number of nitrogens with zero attached hydrogens (tertiary/aromatic N) is 1. The van der Waals surface area contributed by atoms with Crippen LogP contribution in [0.15, 0.2) is 23.1 Å². The van der Waals surface area contributed by atoms with E-state index >= 15 is 0 Å². The van der Waals surface area contributed by atoms with Crippen molar-refractivity contribution in [3.8, 4) is 0 Å². The number of carbonyl (C=O) groups excluding carboxylic acids is 1. The van der Waals surface area contributed by atoms with E-state index in [4.69, 9.17) is 0 Å². The first-order valence-corrected chi connectivity index (χ1v) is 9.00. The Morgan fingerprint density at radius 3 is 2.38 bits per heavy atom. The minimum absolute atomic E-state index is 0.169. The molecule has 0 saturated carbocycles. The SMILES string of the molecule is CCN(CC)CCNC(=O)c1cc(S(C)(=O)=O)ccc1C. The van der Waals surface area contributed by atoms with Gasteiger partial charge in [0.05, 0.1) is 4.90 Å². The second-order valence-electron chi connectivity index (χ2n) is 5.03. The molecule has 0 spiro atoms. The van der Waals surface area contributed by atoms with Gasteiger partial charge in [0, 0.05) is 24.9 Å². The van der Waals surface area contributed by atoms with Crippen LogP contribution in [0.1, 0.15) is 29.8 Å². The van der Waals surface area contributed by atoms with E-state index in [0.717, 1.165) is 31.5 Å². The molecule has 0 fully saturated rings. The van der Waals surface area contributed by atoms with Gasteiger partial charge in [-0.1, -0.05) is 19.9 Å². The molecule has 6 heteroatoms. The van der Waals surface area contributed by atoms with Crippen LogP contribution in [0.25, 0.3) is 0 Å². The average molecular weight is 312 g/mol. The normalized spacial score (nSPS) is 11.7. The van der Waals surface area contributed by atoms with Gasteiger partial charge in [-0.05, 0) is 37.7 Å². The third kappa shape index (κ3) is 5.13. The lowest BCUT2D eigenvalue weighted by molar-refractivity contribution is 0.0948. The second kappa shape index (κ2) is 7.56. The van der Waals surface area contributed by atoms with Crippen molar-refractivity contribution in [2.24, 2.45) is 0 Å². The predicted molar refractivity (Wildman–Crippen MR) is 84.4 cm³/mol. The van der Waals surface area contributed by atoms with Crippen molar-refractivity contribution in [3.05, 3.63) is 29.3 Å². The summed E-state index contributed by atoms with van der Waals surface area (Å²) in [6.07, 6.45) is 1.14. The van der Waals surface area contributed by atoms with Crippen LogP contribution < -0.4 is 5.32 Å². The first-order valence-electron chi connectivity index (χ1n) is 7.10. The van der Waals surface area contributed by atoms with E-state index in [1.807, 2.05) is 0 Å². The Morgan fingerprint density at radius 2 is 1.86 bits per heavy atom. The van der Waals surface area contributed by atoms with Crippen molar-refractivity contribution in [3.63, 3.8) is 0 Å². The molecule has 1 aromatic carbocycles. The van der Waals surface area contributed by atoms with Gasteiger partial charge < -0.3 is 10.2 Å². The standard InChI is InChI=1S/C15H24N2O3S/c1-5-17(6-2)10-9-16-15(18)14-11-13(21(4,19)20)8-7-12(14)3/h7-8,11H,5-6,9-10H2,1-4H3,(H,16,18). The molecular formula is C15H24N2O3S. The van der Waals surface area contributed by atoms with Crippen molar-refractivity contribution in [1.82, 2.24) is 10.2 Å². The maximum Gasteiger partial charge on any atom is 0.251 e. The lowest BCUT2D eigenvalue weighted by Crippen LogP contribution is -2.35. The molecule has 1 aromatic rings. The number of hydrogen-bond acceptors (Lipinski definition) is 4. The topological polar surface area (TPSA) is 66.5 Å². The quantitative estimate of drug-likeness (QED) is 0.828. The smallest absolute Gasteiger partial charge is 0.251 e.